The van der Waals surface area contributed by atoms with Crippen LogP contribution in [0, 0.1) is 5.41 Å². The number of epoxide rings is 1. The molecule has 0 bridgehead atoms. The molecular weight excluding hydrogens is 242 g/mol. The highest BCUT2D eigenvalue weighted by molar-refractivity contribution is 5.67. The molecule has 1 saturated heterocycles. The Morgan fingerprint density at radius 2 is 2.00 bits per heavy atom. The molecule has 1 N–H and O–H groups in total. The number of alkyl carbamates (subject to hydrolysis) is 1. The molecule has 0 aromatic heterocycles. The normalized spacial score (nSPS) is 25.1. The van der Waals surface area contributed by atoms with Gasteiger partial charge >= 0.3 is 6.09 Å². The van der Waals surface area contributed by atoms with Crippen LogP contribution in [-0.2, 0) is 9.47 Å². The summed E-state index contributed by atoms with van der Waals surface area (Å²) in [7, 11) is 0. The molecule has 1 saturated carbocycles. The number of hydrogen-bond acceptors (Lipinski definition) is 3. The monoisotopic (exact) mass is 269 g/mol. The quantitative estimate of drug-likeness (QED) is 0.779. The summed E-state index contributed by atoms with van der Waals surface area (Å²) in [5.41, 5.74) is -0.141. The smallest absolute Gasteiger partial charge is 0.407 e. The maximum Gasteiger partial charge on any atom is 0.407 e. The van der Waals surface area contributed by atoms with Gasteiger partial charge in [-0.3, -0.25) is 0 Å². The Balaban J connectivity index is 1.77. The van der Waals surface area contributed by atoms with Crippen LogP contribution < -0.4 is 5.32 Å². The molecule has 4 nitrogen and oxygen atoms in total. The topological polar surface area (TPSA) is 50.9 Å². The van der Waals surface area contributed by atoms with Crippen molar-refractivity contribution in [2.75, 3.05) is 13.2 Å². The third kappa shape index (κ3) is 5.01. The molecule has 1 aliphatic heterocycles. The summed E-state index contributed by atoms with van der Waals surface area (Å²) in [6.45, 7) is 7.34. The zero-order valence-corrected chi connectivity index (χ0v) is 12.5. The highest BCUT2D eigenvalue weighted by Gasteiger charge is 2.36. The average molecular weight is 269 g/mol. The van der Waals surface area contributed by atoms with Gasteiger partial charge < -0.3 is 14.8 Å². The van der Waals surface area contributed by atoms with Crippen LogP contribution in [0.4, 0.5) is 4.79 Å². The van der Waals surface area contributed by atoms with Crippen LogP contribution in [-0.4, -0.2) is 30.9 Å². The first-order valence-corrected chi connectivity index (χ1v) is 7.47. The zero-order chi connectivity index (χ0) is 13.9. The lowest BCUT2D eigenvalue weighted by Gasteiger charge is -2.30. The number of ether oxygens (including phenoxy) is 2. The largest absolute Gasteiger partial charge is 0.444 e. The summed E-state index contributed by atoms with van der Waals surface area (Å²) in [5.74, 6) is 0. The van der Waals surface area contributed by atoms with Crippen LogP contribution in [0.2, 0.25) is 0 Å². The molecule has 1 atom stereocenters. The third-order valence-corrected chi connectivity index (χ3v) is 4.07. The molecule has 1 heterocycles. The second kappa shape index (κ2) is 5.70. The summed E-state index contributed by atoms with van der Waals surface area (Å²) in [4.78, 5) is 11.8. The Kier molecular flexibility index (Phi) is 4.39. The molecular formula is C15H27NO3. The van der Waals surface area contributed by atoms with Crippen molar-refractivity contribution in [3.63, 3.8) is 0 Å². The predicted octanol–water partition coefficient (Wildman–Crippen LogP) is 3.25. The first kappa shape index (κ1) is 14.6. The van der Waals surface area contributed by atoms with E-state index in [9.17, 15) is 4.79 Å². The molecule has 110 valence electrons. The van der Waals surface area contributed by atoms with Gasteiger partial charge in [-0.2, -0.15) is 0 Å². The van der Waals surface area contributed by atoms with Gasteiger partial charge in [0.25, 0.3) is 0 Å². The van der Waals surface area contributed by atoms with Gasteiger partial charge in [-0.05, 0) is 51.9 Å². The standard InChI is InChI=1S/C15H27NO3/c1-14(2,3)19-13(17)16-11-15(7-4-5-8-15)9-6-12-10-18-12/h12H,4-11H2,1-3H3,(H,16,17). The lowest BCUT2D eigenvalue weighted by molar-refractivity contribution is 0.0496. The fourth-order valence-electron chi connectivity index (χ4n) is 2.92. The van der Waals surface area contributed by atoms with Crippen molar-refractivity contribution in [2.24, 2.45) is 5.41 Å². The minimum atomic E-state index is -0.422. The van der Waals surface area contributed by atoms with Crippen molar-refractivity contribution in [3.05, 3.63) is 0 Å². The average Bonchev–Trinajstić information content (AvgIpc) is 3.01. The van der Waals surface area contributed by atoms with E-state index in [0.717, 1.165) is 26.0 Å². The van der Waals surface area contributed by atoms with Gasteiger partial charge in [0.15, 0.2) is 0 Å². The molecule has 4 heteroatoms. The van der Waals surface area contributed by atoms with Gasteiger partial charge in [-0.25, -0.2) is 4.79 Å². The molecule has 2 rings (SSSR count). The van der Waals surface area contributed by atoms with Gasteiger partial charge in [0.1, 0.15) is 5.60 Å². The summed E-state index contributed by atoms with van der Waals surface area (Å²) in [5, 5.41) is 2.96. The number of nitrogens with one attached hydrogen (secondary N) is 1. The second-order valence-electron chi connectivity index (χ2n) is 7.06. The van der Waals surface area contributed by atoms with Gasteiger partial charge in [-0.15, -0.1) is 0 Å². The maximum absolute atomic E-state index is 11.8. The Labute approximate surface area is 116 Å². The van der Waals surface area contributed by atoms with E-state index in [2.05, 4.69) is 5.32 Å². The molecule has 0 radical (unpaired) electrons. The highest BCUT2D eigenvalue weighted by atomic mass is 16.6. The van der Waals surface area contributed by atoms with E-state index in [4.69, 9.17) is 9.47 Å². The Hall–Kier alpha value is -0.770. The second-order valence-corrected chi connectivity index (χ2v) is 7.06. The Morgan fingerprint density at radius 1 is 1.37 bits per heavy atom. The van der Waals surface area contributed by atoms with E-state index >= 15 is 0 Å². The lowest BCUT2D eigenvalue weighted by atomic mass is 9.81. The molecule has 0 aromatic carbocycles. The summed E-state index contributed by atoms with van der Waals surface area (Å²) >= 11 is 0. The van der Waals surface area contributed by atoms with Crippen LogP contribution in [0.5, 0.6) is 0 Å². The van der Waals surface area contributed by atoms with Crippen molar-refractivity contribution < 1.29 is 14.3 Å². The minimum Gasteiger partial charge on any atom is -0.444 e. The van der Waals surface area contributed by atoms with Crippen molar-refractivity contribution in [1.82, 2.24) is 5.32 Å². The molecule has 0 aromatic rings. The van der Waals surface area contributed by atoms with Crippen LogP contribution in [0.25, 0.3) is 0 Å². The van der Waals surface area contributed by atoms with Gasteiger partial charge in [0, 0.05) is 6.54 Å². The Morgan fingerprint density at radius 3 is 2.53 bits per heavy atom. The number of carbonyl (C=O) groups excluding carboxylic acids is 1. The fraction of sp³-hybridized carbons (Fsp3) is 0.933. The number of hydrogen-bond donors (Lipinski definition) is 1. The summed E-state index contributed by atoms with van der Waals surface area (Å²) < 4.78 is 10.6. The zero-order valence-electron chi connectivity index (χ0n) is 12.5. The fourth-order valence-corrected chi connectivity index (χ4v) is 2.92. The van der Waals surface area contributed by atoms with E-state index < -0.39 is 5.60 Å². The van der Waals surface area contributed by atoms with Crippen LogP contribution in [0.15, 0.2) is 0 Å². The molecule has 19 heavy (non-hydrogen) atoms. The molecule has 1 aliphatic carbocycles. The summed E-state index contributed by atoms with van der Waals surface area (Å²) in [6.07, 6.45) is 7.48. The van der Waals surface area contributed by atoms with Gasteiger partial charge in [0.2, 0.25) is 0 Å². The Bertz CT molecular complexity index is 312. The summed E-state index contributed by atoms with van der Waals surface area (Å²) in [6, 6.07) is 0. The molecule has 1 amide bonds. The van der Waals surface area contributed by atoms with E-state index in [-0.39, 0.29) is 11.5 Å². The molecule has 0 spiro atoms. The van der Waals surface area contributed by atoms with Crippen molar-refractivity contribution in [2.45, 2.75) is 71.0 Å². The van der Waals surface area contributed by atoms with E-state index in [0.29, 0.717) is 6.10 Å². The number of carbonyl (C=O) groups is 1. The van der Waals surface area contributed by atoms with Gasteiger partial charge in [0.05, 0.1) is 12.7 Å². The molecule has 1 unspecified atom stereocenters. The predicted molar refractivity (Wildman–Crippen MR) is 74.1 cm³/mol. The van der Waals surface area contributed by atoms with Crippen molar-refractivity contribution in [3.8, 4) is 0 Å². The number of amides is 1. The van der Waals surface area contributed by atoms with Crippen LogP contribution in [0.3, 0.4) is 0 Å². The van der Waals surface area contributed by atoms with E-state index in [1.54, 1.807) is 0 Å². The van der Waals surface area contributed by atoms with E-state index in [1.165, 1.54) is 25.7 Å². The SMILES string of the molecule is CC(C)(C)OC(=O)NCC1(CCC2CO2)CCCC1. The first-order chi connectivity index (χ1) is 8.89. The third-order valence-electron chi connectivity index (χ3n) is 4.07. The molecule has 2 aliphatic rings. The lowest BCUT2D eigenvalue weighted by Crippen LogP contribution is -2.39. The first-order valence-electron chi connectivity index (χ1n) is 7.47. The minimum absolute atomic E-state index is 0.281. The van der Waals surface area contributed by atoms with Crippen molar-refractivity contribution >= 4 is 6.09 Å². The molecule has 2 fully saturated rings. The maximum atomic E-state index is 11.8. The van der Waals surface area contributed by atoms with Crippen molar-refractivity contribution in [1.29, 1.82) is 0 Å². The number of rotatable bonds is 5. The van der Waals surface area contributed by atoms with Crippen LogP contribution >= 0.6 is 0 Å². The van der Waals surface area contributed by atoms with E-state index in [1.807, 2.05) is 20.8 Å². The highest BCUT2D eigenvalue weighted by Crippen LogP contribution is 2.42. The van der Waals surface area contributed by atoms with Gasteiger partial charge in [-0.1, -0.05) is 12.8 Å². The van der Waals surface area contributed by atoms with Crippen LogP contribution in [0.1, 0.15) is 59.3 Å².